The Morgan fingerprint density at radius 2 is 1.76 bits per heavy atom. The van der Waals surface area contributed by atoms with E-state index in [1.54, 1.807) is 0 Å². The van der Waals surface area contributed by atoms with Crippen molar-refractivity contribution in [3.8, 4) is 11.1 Å². The first-order chi connectivity index (χ1) is 16.4. The third kappa shape index (κ3) is 5.07. The number of carbonyl (C=O) groups excluding carboxylic acids is 2. The van der Waals surface area contributed by atoms with Gasteiger partial charge >= 0.3 is 12.1 Å². The van der Waals surface area contributed by atoms with Crippen LogP contribution in [0.3, 0.4) is 0 Å². The lowest BCUT2D eigenvalue weighted by atomic mass is 9.98. The number of benzene rings is 2. The fraction of sp³-hybridized carbons (Fsp3) is 0.423. The van der Waals surface area contributed by atoms with E-state index in [2.05, 4.69) is 34.9 Å². The van der Waals surface area contributed by atoms with E-state index in [-0.39, 0.29) is 43.8 Å². The lowest BCUT2D eigenvalue weighted by Crippen LogP contribution is -2.55. The molecular weight excluding hydrogens is 436 g/mol. The zero-order valence-corrected chi connectivity index (χ0v) is 19.2. The summed E-state index contributed by atoms with van der Waals surface area (Å²) in [5, 5.41) is 14.8. The number of carboxylic acid groups (broad SMARTS) is 1. The number of fused-ring (bicyclic) bond motifs is 3. The highest BCUT2D eigenvalue weighted by Gasteiger charge is 2.43. The number of rotatable bonds is 9. The van der Waals surface area contributed by atoms with E-state index in [9.17, 15) is 19.5 Å². The highest BCUT2D eigenvalue weighted by molar-refractivity contribution is 5.87. The van der Waals surface area contributed by atoms with Gasteiger partial charge in [-0.25, -0.2) is 9.59 Å². The minimum atomic E-state index is -1.33. The predicted octanol–water partition coefficient (Wildman–Crippen LogP) is 3.30. The molecule has 1 saturated heterocycles. The van der Waals surface area contributed by atoms with E-state index >= 15 is 0 Å². The van der Waals surface area contributed by atoms with Crippen LogP contribution in [-0.4, -0.2) is 55.0 Å². The van der Waals surface area contributed by atoms with Crippen LogP contribution in [0.2, 0.25) is 0 Å². The van der Waals surface area contributed by atoms with Gasteiger partial charge in [0.15, 0.2) is 5.54 Å². The summed E-state index contributed by atoms with van der Waals surface area (Å²) in [6.45, 7) is 2.82. The largest absolute Gasteiger partial charge is 0.479 e. The van der Waals surface area contributed by atoms with Crippen molar-refractivity contribution in [2.24, 2.45) is 5.92 Å². The minimum absolute atomic E-state index is 0.000363. The van der Waals surface area contributed by atoms with Crippen LogP contribution in [0.1, 0.15) is 43.2 Å². The Kier molecular flexibility index (Phi) is 7.17. The maximum atomic E-state index is 12.3. The molecule has 2 aliphatic rings. The summed E-state index contributed by atoms with van der Waals surface area (Å²) in [7, 11) is 0. The van der Waals surface area contributed by atoms with Crippen molar-refractivity contribution >= 4 is 18.0 Å². The summed E-state index contributed by atoms with van der Waals surface area (Å²) in [6.07, 6.45) is 0.438. The van der Waals surface area contributed by atoms with Crippen molar-refractivity contribution < 1.29 is 29.0 Å². The molecule has 1 aliphatic heterocycles. The van der Waals surface area contributed by atoms with Crippen LogP contribution in [0, 0.1) is 5.92 Å². The van der Waals surface area contributed by atoms with Gasteiger partial charge in [-0.1, -0.05) is 55.5 Å². The Hall–Kier alpha value is -3.39. The van der Waals surface area contributed by atoms with Crippen molar-refractivity contribution in [3.63, 3.8) is 0 Å². The third-order valence-electron chi connectivity index (χ3n) is 6.61. The number of hydrogen-bond acceptors (Lipinski definition) is 5. The molecule has 1 aliphatic carbocycles. The molecule has 8 nitrogen and oxygen atoms in total. The third-order valence-corrected chi connectivity index (χ3v) is 6.61. The summed E-state index contributed by atoms with van der Waals surface area (Å²) < 4.78 is 10.7. The molecule has 0 saturated carbocycles. The zero-order chi connectivity index (χ0) is 24.1. The molecule has 0 radical (unpaired) electrons. The molecule has 0 bridgehead atoms. The number of amides is 2. The van der Waals surface area contributed by atoms with Gasteiger partial charge in [-0.3, -0.25) is 4.79 Å². The summed E-state index contributed by atoms with van der Waals surface area (Å²) in [5.41, 5.74) is 3.32. The fourth-order valence-corrected chi connectivity index (χ4v) is 4.60. The normalized spacial score (nSPS) is 19.7. The monoisotopic (exact) mass is 466 g/mol. The van der Waals surface area contributed by atoms with Gasteiger partial charge in [0.2, 0.25) is 5.91 Å². The number of aliphatic carboxylic acids is 1. The number of nitrogens with one attached hydrogen (secondary N) is 2. The Morgan fingerprint density at radius 1 is 1.12 bits per heavy atom. The minimum Gasteiger partial charge on any atom is -0.479 e. The zero-order valence-electron chi connectivity index (χ0n) is 19.2. The van der Waals surface area contributed by atoms with Crippen molar-refractivity contribution in [3.05, 3.63) is 59.7 Å². The number of hydrogen-bond donors (Lipinski definition) is 3. The van der Waals surface area contributed by atoms with Gasteiger partial charge in [-0.15, -0.1) is 0 Å². The van der Waals surface area contributed by atoms with Gasteiger partial charge in [-0.05, 0) is 34.6 Å². The van der Waals surface area contributed by atoms with Crippen molar-refractivity contribution in [1.29, 1.82) is 0 Å². The average molecular weight is 467 g/mol. The molecule has 0 spiro atoms. The van der Waals surface area contributed by atoms with E-state index in [0.29, 0.717) is 19.6 Å². The second kappa shape index (κ2) is 10.3. The Labute approximate surface area is 198 Å². The van der Waals surface area contributed by atoms with Gasteiger partial charge < -0.3 is 25.2 Å². The topological polar surface area (TPSA) is 114 Å². The molecule has 180 valence electrons. The van der Waals surface area contributed by atoms with E-state index in [1.165, 1.54) is 11.1 Å². The molecule has 2 amide bonds. The van der Waals surface area contributed by atoms with Gasteiger partial charge in [0.25, 0.3) is 0 Å². The number of ether oxygens (including phenoxy) is 2. The van der Waals surface area contributed by atoms with Crippen LogP contribution >= 0.6 is 0 Å². The maximum Gasteiger partial charge on any atom is 0.407 e. The molecule has 34 heavy (non-hydrogen) atoms. The van der Waals surface area contributed by atoms with Crippen molar-refractivity contribution in [2.75, 3.05) is 26.4 Å². The average Bonchev–Trinajstić information content (AvgIpc) is 3.44. The summed E-state index contributed by atoms with van der Waals surface area (Å²) >= 11 is 0. The highest BCUT2D eigenvalue weighted by atomic mass is 16.5. The maximum absolute atomic E-state index is 12.3. The van der Waals surface area contributed by atoms with Crippen LogP contribution in [0.15, 0.2) is 48.5 Å². The van der Waals surface area contributed by atoms with E-state index in [4.69, 9.17) is 9.47 Å². The molecular formula is C26H30N2O6. The standard InChI is InChI=1S/C26H30N2O6/c1-17(10-11-23(29)28-26(24(30)31)12-13-33-16-26)14-27-25(32)34-15-22-20-8-4-2-6-18(20)19-7-3-5-9-21(19)22/h2-9,17,22H,10-16H2,1H3,(H,27,32)(H,28,29)(H,30,31). The fourth-order valence-electron chi connectivity index (χ4n) is 4.60. The van der Waals surface area contributed by atoms with Crippen LogP contribution in [0.25, 0.3) is 11.1 Å². The summed E-state index contributed by atoms with van der Waals surface area (Å²) in [4.78, 5) is 36.1. The molecule has 8 heteroatoms. The predicted molar refractivity (Wildman–Crippen MR) is 125 cm³/mol. The Bertz CT molecular complexity index is 1020. The summed E-state index contributed by atoms with van der Waals surface area (Å²) in [6, 6.07) is 16.3. The van der Waals surface area contributed by atoms with E-state index in [0.717, 1.165) is 11.1 Å². The lowest BCUT2D eigenvalue weighted by molar-refractivity contribution is -0.147. The van der Waals surface area contributed by atoms with E-state index in [1.807, 2.05) is 31.2 Å². The van der Waals surface area contributed by atoms with Crippen molar-refractivity contribution in [1.82, 2.24) is 10.6 Å². The first-order valence-corrected chi connectivity index (χ1v) is 11.6. The molecule has 2 atom stereocenters. The smallest absolute Gasteiger partial charge is 0.407 e. The number of carboxylic acids is 1. The lowest BCUT2D eigenvalue weighted by Gasteiger charge is -2.24. The van der Waals surface area contributed by atoms with Crippen LogP contribution in [0.5, 0.6) is 0 Å². The van der Waals surface area contributed by atoms with E-state index < -0.39 is 17.6 Å². The van der Waals surface area contributed by atoms with Crippen molar-refractivity contribution in [2.45, 2.75) is 37.6 Å². The molecule has 1 fully saturated rings. The van der Waals surface area contributed by atoms with Gasteiger partial charge in [0, 0.05) is 31.9 Å². The SMILES string of the molecule is CC(CCC(=O)NC1(C(=O)O)CCOC1)CNC(=O)OCC1c2ccccc2-c2ccccc21. The second-order valence-electron chi connectivity index (χ2n) is 9.09. The molecule has 4 rings (SSSR count). The molecule has 3 N–H and O–H groups in total. The molecule has 2 aromatic rings. The van der Waals surface area contributed by atoms with Gasteiger partial charge in [0.05, 0.1) is 6.61 Å². The quantitative estimate of drug-likeness (QED) is 0.523. The highest BCUT2D eigenvalue weighted by Crippen LogP contribution is 2.44. The Morgan fingerprint density at radius 3 is 2.35 bits per heavy atom. The molecule has 2 unspecified atom stereocenters. The first-order valence-electron chi connectivity index (χ1n) is 11.6. The van der Waals surface area contributed by atoms with Crippen LogP contribution in [-0.2, 0) is 19.1 Å². The molecule has 2 aromatic carbocycles. The first kappa shape index (κ1) is 23.8. The Balaban J connectivity index is 1.21. The summed E-state index contributed by atoms with van der Waals surface area (Å²) in [5.74, 6) is -1.39. The van der Waals surface area contributed by atoms with Crippen LogP contribution in [0.4, 0.5) is 4.79 Å². The molecule has 0 aromatic heterocycles. The number of carbonyl (C=O) groups is 3. The van der Waals surface area contributed by atoms with Gasteiger partial charge in [0.1, 0.15) is 6.61 Å². The number of alkyl carbamates (subject to hydrolysis) is 1. The second-order valence-corrected chi connectivity index (χ2v) is 9.09. The van der Waals surface area contributed by atoms with Crippen LogP contribution < -0.4 is 10.6 Å². The molecule has 1 heterocycles. The van der Waals surface area contributed by atoms with Gasteiger partial charge in [-0.2, -0.15) is 0 Å².